The molecule has 3 rings (SSSR count). The number of hydrogen-bond donors (Lipinski definition) is 2. The summed E-state index contributed by atoms with van der Waals surface area (Å²) in [5, 5.41) is 3.96. The number of nitrogens with zero attached hydrogens (tertiary/aromatic N) is 3. The highest BCUT2D eigenvalue weighted by molar-refractivity contribution is 7.89. The molecule has 2 aromatic heterocycles. The molecule has 0 aliphatic heterocycles. The van der Waals surface area contributed by atoms with Crippen LogP contribution in [0.1, 0.15) is 19.2 Å². The lowest BCUT2D eigenvalue weighted by atomic mass is 10.3. The molecule has 0 aliphatic carbocycles. The van der Waals surface area contributed by atoms with Gasteiger partial charge in [-0.3, -0.25) is 4.68 Å². The highest BCUT2D eigenvalue weighted by Crippen LogP contribution is 2.14. The number of sulfonamides is 1. The number of aromatic amines is 1. The summed E-state index contributed by atoms with van der Waals surface area (Å²) < 4.78 is 41.5. The first kappa shape index (κ1) is 16.6. The van der Waals surface area contributed by atoms with Gasteiger partial charge in [0.25, 0.3) is 0 Å². The molecule has 0 unspecified atom stereocenters. The van der Waals surface area contributed by atoms with Crippen molar-refractivity contribution in [3.05, 3.63) is 42.2 Å². The van der Waals surface area contributed by atoms with Gasteiger partial charge < -0.3 is 4.98 Å². The smallest absolute Gasteiger partial charge is 0.243 e. The largest absolute Gasteiger partial charge is 0.342 e. The van der Waals surface area contributed by atoms with Crippen molar-refractivity contribution < 1.29 is 12.8 Å². The number of aromatic nitrogens is 4. The third kappa shape index (κ3) is 3.62. The van der Waals surface area contributed by atoms with Crippen LogP contribution < -0.4 is 4.72 Å². The Morgan fingerprint density at radius 2 is 2.21 bits per heavy atom. The Bertz CT molecular complexity index is 948. The molecule has 0 radical (unpaired) electrons. The molecule has 128 valence electrons. The van der Waals surface area contributed by atoms with Crippen LogP contribution in [-0.2, 0) is 23.0 Å². The average Bonchev–Trinajstić information content (AvgIpc) is 3.17. The first-order valence-corrected chi connectivity index (χ1v) is 9.12. The molecule has 0 fully saturated rings. The third-order valence-corrected chi connectivity index (χ3v) is 5.03. The number of hydrogen-bond acceptors (Lipinski definition) is 4. The number of halogens is 1. The molecule has 24 heavy (non-hydrogen) atoms. The van der Waals surface area contributed by atoms with Crippen molar-refractivity contribution in [3.8, 4) is 0 Å². The van der Waals surface area contributed by atoms with Crippen LogP contribution in [0.4, 0.5) is 4.39 Å². The van der Waals surface area contributed by atoms with Crippen LogP contribution in [0, 0.1) is 5.82 Å². The van der Waals surface area contributed by atoms with Gasteiger partial charge in [0.1, 0.15) is 16.5 Å². The van der Waals surface area contributed by atoms with E-state index in [2.05, 4.69) is 19.8 Å². The van der Waals surface area contributed by atoms with E-state index in [9.17, 15) is 12.8 Å². The molecule has 2 N–H and O–H groups in total. The topological polar surface area (TPSA) is 92.7 Å². The number of imidazole rings is 1. The van der Waals surface area contributed by atoms with Crippen molar-refractivity contribution in [2.45, 2.75) is 31.2 Å². The van der Waals surface area contributed by atoms with Crippen molar-refractivity contribution in [1.29, 1.82) is 0 Å². The van der Waals surface area contributed by atoms with E-state index >= 15 is 0 Å². The first-order chi connectivity index (χ1) is 11.5. The maximum Gasteiger partial charge on any atom is 0.243 e. The normalized spacial score (nSPS) is 12.1. The van der Waals surface area contributed by atoms with Crippen LogP contribution in [0.25, 0.3) is 11.0 Å². The number of nitrogens with one attached hydrogen (secondary N) is 2. The molecule has 9 heteroatoms. The Morgan fingerprint density at radius 1 is 1.38 bits per heavy atom. The second-order valence-corrected chi connectivity index (χ2v) is 7.14. The Labute approximate surface area is 139 Å². The van der Waals surface area contributed by atoms with Gasteiger partial charge in [-0.05, 0) is 31.5 Å². The van der Waals surface area contributed by atoms with Gasteiger partial charge in [-0.25, -0.2) is 22.5 Å². The fourth-order valence-electron chi connectivity index (χ4n) is 2.36. The molecule has 0 atom stereocenters. The van der Waals surface area contributed by atoms with E-state index < -0.39 is 10.0 Å². The van der Waals surface area contributed by atoms with E-state index in [-0.39, 0.29) is 17.3 Å². The van der Waals surface area contributed by atoms with Crippen LogP contribution in [0.3, 0.4) is 0 Å². The second-order valence-electron chi connectivity index (χ2n) is 5.38. The van der Waals surface area contributed by atoms with E-state index in [4.69, 9.17) is 0 Å². The standard InChI is InChI=1S/C15H18FN5O2S/c1-2-21-10-12(9-17-21)24(22,23)18-7-3-4-15-19-13-6-5-11(16)8-14(13)20-15/h5-6,8-10,18H,2-4,7H2,1H3,(H,19,20). The van der Waals surface area contributed by atoms with Gasteiger partial charge in [-0.15, -0.1) is 0 Å². The summed E-state index contributed by atoms with van der Waals surface area (Å²) >= 11 is 0. The molecule has 1 aromatic carbocycles. The van der Waals surface area contributed by atoms with Crippen LogP contribution in [0.2, 0.25) is 0 Å². The zero-order valence-electron chi connectivity index (χ0n) is 13.2. The Hall–Kier alpha value is -2.26. The van der Waals surface area contributed by atoms with Crippen LogP contribution in [0.15, 0.2) is 35.5 Å². The lowest BCUT2D eigenvalue weighted by Crippen LogP contribution is -2.24. The number of aryl methyl sites for hydroxylation is 2. The van der Waals surface area contributed by atoms with Gasteiger partial charge in [-0.1, -0.05) is 0 Å². The fourth-order valence-corrected chi connectivity index (χ4v) is 3.38. The van der Waals surface area contributed by atoms with Crippen molar-refractivity contribution in [2.24, 2.45) is 0 Å². The van der Waals surface area contributed by atoms with Crippen LogP contribution in [-0.4, -0.2) is 34.7 Å². The predicted octanol–water partition coefficient (Wildman–Crippen LogP) is 1.83. The summed E-state index contributed by atoms with van der Waals surface area (Å²) in [7, 11) is -3.55. The molecule has 2 heterocycles. The van der Waals surface area contributed by atoms with Crippen molar-refractivity contribution in [1.82, 2.24) is 24.5 Å². The molecule has 3 aromatic rings. The van der Waals surface area contributed by atoms with E-state index in [0.29, 0.717) is 36.2 Å². The Morgan fingerprint density at radius 3 is 2.96 bits per heavy atom. The third-order valence-electron chi connectivity index (χ3n) is 3.62. The van der Waals surface area contributed by atoms with Crippen molar-refractivity contribution in [3.63, 3.8) is 0 Å². The summed E-state index contributed by atoms with van der Waals surface area (Å²) in [6, 6.07) is 4.36. The summed E-state index contributed by atoms with van der Waals surface area (Å²) in [5.41, 5.74) is 1.33. The molecule has 7 nitrogen and oxygen atoms in total. The average molecular weight is 351 g/mol. The van der Waals surface area contributed by atoms with Gasteiger partial charge in [0, 0.05) is 25.7 Å². The van der Waals surface area contributed by atoms with Crippen molar-refractivity contribution in [2.75, 3.05) is 6.54 Å². The Kier molecular flexibility index (Phi) is 4.63. The zero-order chi connectivity index (χ0) is 17.2. The molecular weight excluding hydrogens is 333 g/mol. The molecule has 0 aliphatic rings. The number of benzene rings is 1. The van der Waals surface area contributed by atoms with E-state index in [1.54, 1.807) is 10.7 Å². The van der Waals surface area contributed by atoms with E-state index in [1.165, 1.54) is 24.5 Å². The molecule has 0 saturated heterocycles. The van der Waals surface area contributed by atoms with Crippen LogP contribution >= 0.6 is 0 Å². The van der Waals surface area contributed by atoms with E-state index in [0.717, 1.165) is 0 Å². The van der Waals surface area contributed by atoms with E-state index in [1.807, 2.05) is 6.92 Å². The maximum atomic E-state index is 13.1. The maximum absolute atomic E-state index is 13.1. The molecule has 0 spiro atoms. The minimum Gasteiger partial charge on any atom is -0.342 e. The summed E-state index contributed by atoms with van der Waals surface area (Å²) in [6.45, 7) is 2.78. The lowest BCUT2D eigenvalue weighted by Gasteiger charge is -2.03. The molecule has 0 bridgehead atoms. The summed E-state index contributed by atoms with van der Waals surface area (Å²) in [4.78, 5) is 7.54. The molecule has 0 saturated carbocycles. The number of rotatable bonds is 7. The highest BCUT2D eigenvalue weighted by Gasteiger charge is 2.15. The van der Waals surface area contributed by atoms with Gasteiger partial charge >= 0.3 is 0 Å². The van der Waals surface area contributed by atoms with Gasteiger partial charge in [0.05, 0.1) is 17.2 Å². The minimum atomic E-state index is -3.55. The van der Waals surface area contributed by atoms with Crippen LogP contribution in [0.5, 0.6) is 0 Å². The predicted molar refractivity (Wildman–Crippen MR) is 87.5 cm³/mol. The lowest BCUT2D eigenvalue weighted by molar-refractivity contribution is 0.578. The van der Waals surface area contributed by atoms with Gasteiger partial charge in [-0.2, -0.15) is 5.10 Å². The highest BCUT2D eigenvalue weighted by atomic mass is 32.2. The van der Waals surface area contributed by atoms with Crippen molar-refractivity contribution >= 4 is 21.1 Å². The molecule has 0 amide bonds. The number of fused-ring (bicyclic) bond motifs is 1. The Balaban J connectivity index is 1.55. The fraction of sp³-hybridized carbons (Fsp3) is 0.333. The first-order valence-electron chi connectivity index (χ1n) is 7.64. The zero-order valence-corrected chi connectivity index (χ0v) is 14.0. The number of H-pyrrole nitrogens is 1. The SMILES string of the molecule is CCn1cc(S(=O)(=O)NCCCc2nc3ccc(F)cc3[nH]2)cn1. The summed E-state index contributed by atoms with van der Waals surface area (Å²) in [5.74, 6) is 0.381. The molecular formula is C15H18FN5O2S. The van der Waals surface area contributed by atoms with Gasteiger partial charge in [0.2, 0.25) is 10.0 Å². The minimum absolute atomic E-state index is 0.156. The quantitative estimate of drug-likeness (QED) is 0.635. The second kappa shape index (κ2) is 6.70. The van der Waals surface area contributed by atoms with Gasteiger partial charge in [0.15, 0.2) is 0 Å². The summed E-state index contributed by atoms with van der Waals surface area (Å²) in [6.07, 6.45) is 3.96. The monoisotopic (exact) mass is 351 g/mol.